The molecule has 4 amide bonds. The predicted molar refractivity (Wildman–Crippen MR) is 114 cm³/mol. The first-order chi connectivity index (χ1) is 14.4. The molecule has 0 spiro atoms. The molecule has 1 saturated heterocycles. The molecule has 156 valence electrons. The molecule has 0 bridgehead atoms. The Labute approximate surface area is 183 Å². The Kier molecular flexibility index (Phi) is 6.64. The Bertz CT molecular complexity index is 1030. The quantitative estimate of drug-likeness (QED) is 0.520. The van der Waals surface area contributed by atoms with Gasteiger partial charge in [-0.1, -0.05) is 36.2 Å². The largest absolute Gasteiger partial charge is 0.493 e. The standard InChI is InChI=1S/C21H18Cl2N2O5/c1-3-9-30-17-8-7-12(10-18(17)29-2)25-20(27)14(19(26)24-21(25)28)11-13-15(22)5-4-6-16(13)23/h4-8,10-11H,3,9H2,1-2H3,(H,24,26,28)/b14-11+. The van der Waals surface area contributed by atoms with Crippen molar-refractivity contribution in [2.75, 3.05) is 18.6 Å². The van der Waals surface area contributed by atoms with Crippen LogP contribution in [0.4, 0.5) is 10.5 Å². The van der Waals surface area contributed by atoms with Crippen molar-refractivity contribution < 1.29 is 23.9 Å². The summed E-state index contributed by atoms with van der Waals surface area (Å²) in [6.07, 6.45) is 2.07. The van der Waals surface area contributed by atoms with Gasteiger partial charge in [0.25, 0.3) is 11.8 Å². The summed E-state index contributed by atoms with van der Waals surface area (Å²) in [6.45, 7) is 2.45. The van der Waals surface area contributed by atoms with Crippen LogP contribution in [0.3, 0.4) is 0 Å². The minimum Gasteiger partial charge on any atom is -0.493 e. The Balaban J connectivity index is 2.02. The van der Waals surface area contributed by atoms with Gasteiger partial charge in [0.05, 0.1) is 19.4 Å². The maximum atomic E-state index is 13.0. The second kappa shape index (κ2) is 9.19. The molecule has 0 aromatic heterocycles. The van der Waals surface area contributed by atoms with Crippen molar-refractivity contribution in [3.8, 4) is 11.5 Å². The van der Waals surface area contributed by atoms with Crippen molar-refractivity contribution in [1.29, 1.82) is 0 Å². The van der Waals surface area contributed by atoms with E-state index < -0.39 is 17.8 Å². The lowest BCUT2D eigenvalue weighted by Gasteiger charge is -2.27. The lowest BCUT2D eigenvalue weighted by molar-refractivity contribution is -0.122. The van der Waals surface area contributed by atoms with E-state index in [4.69, 9.17) is 32.7 Å². The summed E-state index contributed by atoms with van der Waals surface area (Å²) in [7, 11) is 1.45. The zero-order chi connectivity index (χ0) is 21.8. The van der Waals surface area contributed by atoms with Crippen molar-refractivity contribution >= 4 is 52.8 Å². The minimum absolute atomic E-state index is 0.210. The lowest BCUT2D eigenvalue weighted by atomic mass is 10.1. The molecule has 0 radical (unpaired) electrons. The van der Waals surface area contributed by atoms with E-state index in [0.717, 1.165) is 11.3 Å². The third kappa shape index (κ3) is 4.27. The first-order valence-electron chi connectivity index (χ1n) is 9.03. The molecular formula is C21H18Cl2N2O5. The molecule has 7 nitrogen and oxygen atoms in total. The topological polar surface area (TPSA) is 84.9 Å². The van der Waals surface area contributed by atoms with Gasteiger partial charge in [-0.3, -0.25) is 14.9 Å². The van der Waals surface area contributed by atoms with Crippen LogP contribution in [0.2, 0.25) is 10.0 Å². The second-order valence-corrected chi connectivity index (χ2v) is 7.09. The average Bonchev–Trinajstić information content (AvgIpc) is 2.71. The third-order valence-corrected chi connectivity index (χ3v) is 4.92. The van der Waals surface area contributed by atoms with E-state index in [1.807, 2.05) is 6.92 Å². The number of halogens is 2. The highest BCUT2D eigenvalue weighted by Crippen LogP contribution is 2.34. The molecule has 0 unspecified atom stereocenters. The maximum absolute atomic E-state index is 13.0. The number of carbonyl (C=O) groups excluding carboxylic acids is 3. The molecule has 2 aromatic rings. The van der Waals surface area contributed by atoms with Crippen LogP contribution in [-0.4, -0.2) is 31.6 Å². The fourth-order valence-electron chi connectivity index (χ4n) is 2.81. The van der Waals surface area contributed by atoms with Crippen molar-refractivity contribution in [3.63, 3.8) is 0 Å². The molecule has 0 atom stereocenters. The van der Waals surface area contributed by atoms with Crippen molar-refractivity contribution in [2.24, 2.45) is 0 Å². The number of nitrogens with zero attached hydrogens (tertiary/aromatic N) is 1. The number of methoxy groups -OCH3 is 1. The Morgan fingerprint density at radius 2 is 1.77 bits per heavy atom. The van der Waals surface area contributed by atoms with E-state index in [0.29, 0.717) is 23.7 Å². The van der Waals surface area contributed by atoms with Crippen LogP contribution in [0, 0.1) is 0 Å². The average molecular weight is 449 g/mol. The number of benzene rings is 2. The summed E-state index contributed by atoms with van der Waals surface area (Å²) >= 11 is 12.3. The zero-order valence-electron chi connectivity index (χ0n) is 16.2. The number of anilines is 1. The van der Waals surface area contributed by atoms with Gasteiger partial charge >= 0.3 is 6.03 Å². The summed E-state index contributed by atoms with van der Waals surface area (Å²) in [5.41, 5.74) is 0.228. The number of rotatable bonds is 6. The van der Waals surface area contributed by atoms with Crippen LogP contribution in [0.25, 0.3) is 6.08 Å². The first-order valence-corrected chi connectivity index (χ1v) is 9.79. The fraction of sp³-hybridized carbons (Fsp3) is 0.190. The highest BCUT2D eigenvalue weighted by molar-refractivity contribution is 6.41. The monoisotopic (exact) mass is 448 g/mol. The van der Waals surface area contributed by atoms with Gasteiger partial charge in [-0.25, -0.2) is 9.69 Å². The van der Waals surface area contributed by atoms with Crippen LogP contribution < -0.4 is 19.7 Å². The normalized spacial score (nSPS) is 15.4. The summed E-state index contributed by atoms with van der Waals surface area (Å²) in [5, 5.41) is 2.68. The second-order valence-electron chi connectivity index (χ2n) is 6.28. The van der Waals surface area contributed by atoms with Gasteiger partial charge in [0.1, 0.15) is 5.57 Å². The van der Waals surface area contributed by atoms with Crippen LogP contribution in [0.1, 0.15) is 18.9 Å². The summed E-state index contributed by atoms with van der Waals surface area (Å²) < 4.78 is 10.9. The smallest absolute Gasteiger partial charge is 0.335 e. The number of barbiturate groups is 1. The molecule has 1 fully saturated rings. The van der Waals surface area contributed by atoms with Gasteiger partial charge in [0.15, 0.2) is 11.5 Å². The van der Waals surface area contributed by atoms with E-state index in [1.165, 1.54) is 25.3 Å². The SMILES string of the molecule is CCCOc1ccc(N2C(=O)NC(=O)/C(=C\c3c(Cl)cccc3Cl)C2=O)cc1OC. The molecule has 1 N–H and O–H groups in total. The van der Waals surface area contributed by atoms with Gasteiger partial charge in [0.2, 0.25) is 0 Å². The summed E-state index contributed by atoms with van der Waals surface area (Å²) in [6, 6.07) is 8.52. The number of hydrogen-bond donors (Lipinski definition) is 1. The highest BCUT2D eigenvalue weighted by Gasteiger charge is 2.37. The number of imide groups is 2. The van der Waals surface area contributed by atoms with Crippen LogP contribution in [0.5, 0.6) is 11.5 Å². The van der Waals surface area contributed by atoms with Gasteiger partial charge in [-0.2, -0.15) is 0 Å². The van der Waals surface area contributed by atoms with Crippen molar-refractivity contribution in [1.82, 2.24) is 5.32 Å². The summed E-state index contributed by atoms with van der Waals surface area (Å²) in [4.78, 5) is 38.6. The van der Waals surface area contributed by atoms with E-state index in [2.05, 4.69) is 5.32 Å². The van der Waals surface area contributed by atoms with Crippen LogP contribution in [-0.2, 0) is 9.59 Å². The summed E-state index contributed by atoms with van der Waals surface area (Å²) in [5.74, 6) is -0.836. The van der Waals surface area contributed by atoms with E-state index >= 15 is 0 Å². The molecule has 30 heavy (non-hydrogen) atoms. The molecule has 3 rings (SSSR count). The molecule has 0 saturated carbocycles. The molecule has 1 aliphatic heterocycles. The molecular weight excluding hydrogens is 431 g/mol. The minimum atomic E-state index is -0.878. The third-order valence-electron chi connectivity index (χ3n) is 4.26. The number of urea groups is 1. The Hall–Kier alpha value is -3.03. The zero-order valence-corrected chi connectivity index (χ0v) is 17.7. The molecule has 1 heterocycles. The lowest BCUT2D eigenvalue weighted by Crippen LogP contribution is -2.54. The van der Waals surface area contributed by atoms with Crippen molar-refractivity contribution in [2.45, 2.75) is 13.3 Å². The first kappa shape index (κ1) is 21.7. The molecule has 0 aliphatic carbocycles. The number of ether oxygens (including phenoxy) is 2. The fourth-order valence-corrected chi connectivity index (χ4v) is 3.32. The molecule has 9 heteroatoms. The van der Waals surface area contributed by atoms with Gasteiger partial charge in [-0.15, -0.1) is 0 Å². The van der Waals surface area contributed by atoms with Gasteiger partial charge in [0, 0.05) is 21.7 Å². The number of nitrogens with one attached hydrogen (secondary N) is 1. The van der Waals surface area contributed by atoms with Crippen molar-refractivity contribution in [3.05, 3.63) is 57.6 Å². The maximum Gasteiger partial charge on any atom is 0.335 e. The number of hydrogen-bond acceptors (Lipinski definition) is 5. The Morgan fingerprint density at radius 3 is 2.40 bits per heavy atom. The van der Waals surface area contributed by atoms with E-state index in [-0.39, 0.29) is 21.3 Å². The van der Waals surface area contributed by atoms with Crippen LogP contribution >= 0.6 is 23.2 Å². The van der Waals surface area contributed by atoms with Crippen LogP contribution in [0.15, 0.2) is 42.0 Å². The highest BCUT2D eigenvalue weighted by atomic mass is 35.5. The number of amides is 4. The predicted octanol–water partition coefficient (Wildman–Crippen LogP) is 4.46. The number of carbonyl (C=O) groups is 3. The van der Waals surface area contributed by atoms with Gasteiger partial charge < -0.3 is 9.47 Å². The van der Waals surface area contributed by atoms with E-state index in [9.17, 15) is 14.4 Å². The Morgan fingerprint density at radius 1 is 1.07 bits per heavy atom. The van der Waals surface area contributed by atoms with Gasteiger partial charge in [-0.05, 0) is 36.8 Å². The van der Waals surface area contributed by atoms with E-state index in [1.54, 1.807) is 24.3 Å². The molecule has 2 aromatic carbocycles. The molecule has 1 aliphatic rings.